The number of allylic oxidation sites excluding steroid dienone is 4. The van der Waals surface area contributed by atoms with Crippen LogP contribution in [-0.2, 0) is 9.59 Å². The van der Waals surface area contributed by atoms with E-state index in [1.807, 2.05) is 13.0 Å². The van der Waals surface area contributed by atoms with Crippen LogP contribution in [0, 0.1) is 11.3 Å². The number of primary amides is 1. The number of nitriles is 1. The van der Waals surface area contributed by atoms with Crippen molar-refractivity contribution < 1.29 is 14.3 Å². The zero-order valence-electron chi connectivity index (χ0n) is 14.8. The van der Waals surface area contributed by atoms with Gasteiger partial charge in [0.1, 0.15) is 5.75 Å². The summed E-state index contributed by atoms with van der Waals surface area (Å²) in [6.45, 7) is 3.68. The molecule has 6 nitrogen and oxygen atoms in total. The first-order valence-corrected chi connectivity index (χ1v) is 8.19. The highest BCUT2D eigenvalue weighted by Crippen LogP contribution is 2.44. The van der Waals surface area contributed by atoms with Gasteiger partial charge in [0.2, 0.25) is 5.91 Å². The lowest BCUT2D eigenvalue weighted by Gasteiger charge is -2.34. The van der Waals surface area contributed by atoms with E-state index in [1.54, 1.807) is 25.1 Å². The van der Waals surface area contributed by atoms with Crippen molar-refractivity contribution >= 4 is 11.7 Å². The number of nitrogens with two attached hydrogens (primary N) is 1. The Morgan fingerprint density at radius 3 is 2.73 bits per heavy atom. The number of rotatable bonds is 3. The average Bonchev–Trinajstić information content (AvgIpc) is 2.63. The lowest BCUT2D eigenvalue weighted by atomic mass is 9.75. The molecule has 1 aromatic rings. The molecule has 0 spiro atoms. The number of carbonyl (C=O) groups is 2. The van der Waals surface area contributed by atoms with Gasteiger partial charge in [-0.1, -0.05) is 12.1 Å². The van der Waals surface area contributed by atoms with Crippen LogP contribution in [0.25, 0.3) is 0 Å². The number of ether oxygens (including phenoxy) is 1. The van der Waals surface area contributed by atoms with Crippen LogP contribution >= 0.6 is 0 Å². The number of benzene rings is 1. The molecule has 0 radical (unpaired) electrons. The van der Waals surface area contributed by atoms with Gasteiger partial charge in [-0.05, 0) is 31.6 Å². The molecule has 132 valence electrons. The van der Waals surface area contributed by atoms with Crippen LogP contribution in [0.1, 0.15) is 37.3 Å². The monoisotopic (exact) mass is 349 g/mol. The van der Waals surface area contributed by atoms with E-state index in [1.165, 1.54) is 7.11 Å². The van der Waals surface area contributed by atoms with E-state index in [0.717, 1.165) is 5.57 Å². The summed E-state index contributed by atoms with van der Waals surface area (Å²) in [6, 6.07) is 7.02. The summed E-state index contributed by atoms with van der Waals surface area (Å²) in [6.07, 6.45) is 2.14. The van der Waals surface area contributed by atoms with Crippen LogP contribution in [0.4, 0.5) is 0 Å². The summed E-state index contributed by atoms with van der Waals surface area (Å²) >= 11 is 0. The Balaban J connectivity index is 2.31. The van der Waals surface area contributed by atoms with Crippen molar-refractivity contribution in [2.45, 2.75) is 26.2 Å². The Morgan fingerprint density at radius 1 is 1.38 bits per heavy atom. The van der Waals surface area contributed by atoms with Gasteiger partial charge in [0, 0.05) is 34.5 Å². The van der Waals surface area contributed by atoms with Crippen molar-refractivity contribution in [3.8, 4) is 11.8 Å². The molecule has 1 aliphatic carbocycles. The van der Waals surface area contributed by atoms with Crippen molar-refractivity contribution in [3.05, 3.63) is 63.5 Å². The van der Waals surface area contributed by atoms with E-state index in [9.17, 15) is 9.59 Å². The van der Waals surface area contributed by atoms with E-state index in [2.05, 4.69) is 11.4 Å². The van der Waals surface area contributed by atoms with Gasteiger partial charge < -0.3 is 15.8 Å². The number of dihydropyridines is 1. The van der Waals surface area contributed by atoms with Gasteiger partial charge in [0.15, 0.2) is 5.78 Å². The molecular formula is C20H19N3O3. The van der Waals surface area contributed by atoms with Gasteiger partial charge in [-0.15, -0.1) is 0 Å². The molecule has 2 aliphatic rings. The maximum absolute atomic E-state index is 12.7. The first-order chi connectivity index (χ1) is 12.4. The molecule has 1 unspecified atom stereocenters. The summed E-state index contributed by atoms with van der Waals surface area (Å²) in [7, 11) is 1.49. The molecular weight excluding hydrogens is 330 g/mol. The predicted octanol–water partition coefficient (Wildman–Crippen LogP) is 2.19. The van der Waals surface area contributed by atoms with Crippen LogP contribution in [0.3, 0.4) is 0 Å². The highest BCUT2D eigenvalue weighted by atomic mass is 16.5. The number of amides is 1. The first kappa shape index (κ1) is 17.5. The third kappa shape index (κ3) is 2.68. The number of ketones is 1. The topological polar surface area (TPSA) is 105 Å². The Hall–Kier alpha value is -3.33. The zero-order valence-corrected chi connectivity index (χ0v) is 14.8. The fourth-order valence-corrected chi connectivity index (χ4v) is 3.55. The van der Waals surface area contributed by atoms with Crippen LogP contribution in [0.5, 0.6) is 5.75 Å². The lowest BCUT2D eigenvalue weighted by Crippen LogP contribution is -2.35. The van der Waals surface area contributed by atoms with Crippen molar-refractivity contribution in [2.75, 3.05) is 7.11 Å². The molecule has 3 rings (SSSR count). The maximum atomic E-state index is 12.7. The molecule has 1 amide bonds. The van der Waals surface area contributed by atoms with Crippen molar-refractivity contribution in [3.63, 3.8) is 0 Å². The van der Waals surface area contributed by atoms with Crippen LogP contribution in [0.2, 0.25) is 0 Å². The van der Waals surface area contributed by atoms with Gasteiger partial charge in [0.05, 0.1) is 24.7 Å². The standard InChI is InChI=1S/C20H19N3O3/c1-10-4-7-14(24)18-17(16(20(22)25)11(2)23-19(10)18)13-6-5-12(9-21)8-15(13)26-3/h4-6,8,17,23H,7H2,1-3H3,(H2,22,25). The quantitative estimate of drug-likeness (QED) is 0.870. The molecule has 1 aliphatic heterocycles. The lowest BCUT2D eigenvalue weighted by molar-refractivity contribution is -0.115. The largest absolute Gasteiger partial charge is 0.496 e. The summed E-state index contributed by atoms with van der Waals surface area (Å²) in [5.41, 5.74) is 9.82. The molecule has 1 atom stereocenters. The first-order valence-electron chi connectivity index (χ1n) is 8.19. The Bertz CT molecular complexity index is 961. The van der Waals surface area contributed by atoms with Crippen molar-refractivity contribution in [1.82, 2.24) is 5.32 Å². The number of nitrogens with one attached hydrogen (secondary N) is 1. The Morgan fingerprint density at radius 2 is 2.12 bits per heavy atom. The molecule has 0 saturated carbocycles. The molecule has 1 heterocycles. The minimum atomic E-state index is -0.636. The smallest absolute Gasteiger partial charge is 0.247 e. The van der Waals surface area contributed by atoms with Crippen molar-refractivity contribution in [2.24, 2.45) is 5.73 Å². The van der Waals surface area contributed by atoms with E-state index in [4.69, 9.17) is 15.7 Å². The Kier molecular flexibility index (Phi) is 4.39. The molecule has 26 heavy (non-hydrogen) atoms. The molecule has 0 fully saturated rings. The average molecular weight is 349 g/mol. The molecule has 1 aromatic carbocycles. The van der Waals surface area contributed by atoms with Crippen molar-refractivity contribution in [1.29, 1.82) is 5.26 Å². The molecule has 3 N–H and O–H groups in total. The number of carbonyl (C=O) groups excluding carboxylic acids is 2. The van der Waals surface area contributed by atoms with Gasteiger partial charge in [-0.2, -0.15) is 5.26 Å². The minimum absolute atomic E-state index is 0.0687. The molecule has 0 saturated heterocycles. The van der Waals surface area contributed by atoms with Gasteiger partial charge >= 0.3 is 0 Å². The van der Waals surface area contributed by atoms with E-state index >= 15 is 0 Å². The number of hydrogen-bond donors (Lipinski definition) is 2. The third-order valence-electron chi connectivity index (χ3n) is 4.79. The number of methoxy groups -OCH3 is 1. The summed E-state index contributed by atoms with van der Waals surface area (Å²) in [5.74, 6) is -0.865. The highest BCUT2D eigenvalue weighted by molar-refractivity contribution is 6.06. The molecule has 6 heteroatoms. The van der Waals surface area contributed by atoms with Gasteiger partial charge in [0.25, 0.3) is 0 Å². The second-order valence-corrected chi connectivity index (χ2v) is 6.33. The summed E-state index contributed by atoms with van der Waals surface area (Å²) in [5, 5.41) is 12.3. The summed E-state index contributed by atoms with van der Waals surface area (Å²) < 4.78 is 5.45. The van der Waals surface area contributed by atoms with Crippen LogP contribution in [0.15, 0.2) is 52.4 Å². The molecule has 0 bridgehead atoms. The van der Waals surface area contributed by atoms with Crippen LogP contribution < -0.4 is 15.8 Å². The predicted molar refractivity (Wildman–Crippen MR) is 95.9 cm³/mol. The second-order valence-electron chi connectivity index (χ2n) is 6.33. The number of hydrogen-bond acceptors (Lipinski definition) is 5. The summed E-state index contributed by atoms with van der Waals surface area (Å²) in [4.78, 5) is 25.0. The van der Waals surface area contributed by atoms with Gasteiger partial charge in [-0.3, -0.25) is 9.59 Å². The second kappa shape index (κ2) is 6.52. The normalized spacial score (nSPS) is 19.4. The Labute approximate surface area is 151 Å². The highest BCUT2D eigenvalue weighted by Gasteiger charge is 2.39. The van der Waals surface area contributed by atoms with Gasteiger partial charge in [-0.25, -0.2) is 0 Å². The molecule has 0 aromatic heterocycles. The zero-order chi connectivity index (χ0) is 19.0. The fraction of sp³-hybridized carbons (Fsp3) is 0.250. The van der Waals surface area contributed by atoms with E-state index in [0.29, 0.717) is 39.4 Å². The van der Waals surface area contributed by atoms with E-state index < -0.39 is 11.8 Å². The fourth-order valence-electron chi connectivity index (χ4n) is 3.55. The maximum Gasteiger partial charge on any atom is 0.247 e. The minimum Gasteiger partial charge on any atom is -0.496 e. The number of Topliss-reactive ketones (excluding diaryl/α,β-unsaturated/α-hetero) is 1. The number of nitrogens with zero attached hydrogens (tertiary/aromatic N) is 1. The van der Waals surface area contributed by atoms with Crippen LogP contribution in [-0.4, -0.2) is 18.8 Å². The SMILES string of the molecule is COc1cc(C#N)ccc1C1C(C(N)=O)=C(C)NC2=C1C(=O)CC=C2C. The third-order valence-corrected chi connectivity index (χ3v) is 4.79. The van der Waals surface area contributed by atoms with E-state index in [-0.39, 0.29) is 12.2 Å².